The number of aryl methyl sites for hydroxylation is 5. The second-order valence-electron chi connectivity index (χ2n) is 17.2. The molecule has 0 fully saturated rings. The Morgan fingerprint density at radius 1 is 0.627 bits per heavy atom. The highest BCUT2D eigenvalue weighted by atomic mass is 16.6. The van der Waals surface area contributed by atoms with Gasteiger partial charge in [0.2, 0.25) is 29.6 Å². The average Bonchev–Trinajstić information content (AvgIpc) is 3.36. The summed E-state index contributed by atoms with van der Waals surface area (Å²) >= 11 is 0. The number of ether oxygens (including phenoxy) is 3. The van der Waals surface area contributed by atoms with E-state index in [0.717, 1.165) is 40.1 Å². The summed E-state index contributed by atoms with van der Waals surface area (Å²) in [5, 5.41) is 55.5. The van der Waals surface area contributed by atoms with E-state index in [2.05, 4.69) is 0 Å². The molecule has 0 spiro atoms. The number of carbonyl (C=O) groups excluding carboxylic acids is 4. The Balaban J connectivity index is 0.000000194. The third-order valence-electron chi connectivity index (χ3n) is 10.7. The summed E-state index contributed by atoms with van der Waals surface area (Å²) < 4.78 is 25.2. The van der Waals surface area contributed by atoms with E-state index in [1.54, 1.807) is 81.4 Å². The van der Waals surface area contributed by atoms with Crippen molar-refractivity contribution in [2.24, 2.45) is 0 Å². The van der Waals surface area contributed by atoms with Crippen LogP contribution in [0.3, 0.4) is 0 Å². The Bertz CT molecular complexity index is 3360. The normalized spacial score (nSPS) is 14.7. The maximum Gasteiger partial charge on any atom is 0.339 e. The summed E-state index contributed by atoms with van der Waals surface area (Å²) in [5.74, 6) is 0.851. The van der Waals surface area contributed by atoms with Crippen LogP contribution in [0.5, 0.6) is 28.7 Å². The van der Waals surface area contributed by atoms with Crippen molar-refractivity contribution in [2.75, 3.05) is 6.61 Å². The molecular formula is C58H60O17. The summed E-state index contributed by atoms with van der Waals surface area (Å²) in [6, 6.07) is 27.6. The minimum Gasteiger partial charge on any atom is -0.513 e. The number of allylic oxidation sites excluding steroid dienone is 2. The molecule has 75 heavy (non-hydrogen) atoms. The second kappa shape index (κ2) is 27.3. The molecule has 2 unspecified atom stereocenters. The van der Waals surface area contributed by atoms with Gasteiger partial charge in [-0.2, -0.15) is 0 Å². The van der Waals surface area contributed by atoms with Gasteiger partial charge in [0.1, 0.15) is 52.0 Å². The summed E-state index contributed by atoms with van der Waals surface area (Å²) in [6.45, 7) is 16.2. The highest BCUT2D eigenvalue weighted by Crippen LogP contribution is 2.31. The van der Waals surface area contributed by atoms with Gasteiger partial charge in [-0.15, -0.1) is 0 Å². The van der Waals surface area contributed by atoms with E-state index in [-0.39, 0.29) is 47.3 Å². The lowest BCUT2D eigenvalue weighted by Gasteiger charge is -2.21. The van der Waals surface area contributed by atoms with E-state index in [9.17, 15) is 39.0 Å². The number of aliphatic hydroxyl groups excluding tert-OH is 4. The fourth-order valence-corrected chi connectivity index (χ4v) is 6.56. The van der Waals surface area contributed by atoms with Crippen LogP contribution in [-0.2, 0) is 9.59 Å². The van der Waals surface area contributed by atoms with Crippen molar-refractivity contribution in [3.63, 3.8) is 0 Å². The van der Waals surface area contributed by atoms with Gasteiger partial charge in [0.05, 0.1) is 45.7 Å². The zero-order valence-electron chi connectivity index (χ0n) is 42.9. The first-order valence-electron chi connectivity index (χ1n) is 23.3. The number of aromatic hydroxyl groups is 2. The van der Waals surface area contributed by atoms with Crippen LogP contribution in [-0.4, -0.2) is 73.0 Å². The van der Waals surface area contributed by atoms with Gasteiger partial charge in [0.15, 0.2) is 18.1 Å². The molecule has 0 amide bonds. The Morgan fingerprint density at radius 2 is 1.12 bits per heavy atom. The van der Waals surface area contributed by atoms with Gasteiger partial charge in [-0.1, -0.05) is 71.1 Å². The van der Waals surface area contributed by atoms with E-state index in [4.69, 9.17) is 43.5 Å². The molecule has 0 saturated carbocycles. The predicted octanol–water partition coefficient (Wildman–Crippen LogP) is 10.1. The highest BCUT2D eigenvalue weighted by molar-refractivity contribution is 6.45. The first-order valence-corrected chi connectivity index (χ1v) is 23.3. The van der Waals surface area contributed by atoms with Crippen LogP contribution in [0.25, 0.3) is 27.7 Å². The minimum absolute atomic E-state index is 0.0325. The molecule has 10 rings (SSSR count). The minimum atomic E-state index is -1.05. The number of Topliss-reactive ketones (excluding diaryl/α,β-unsaturated/α-hetero) is 4. The molecule has 3 aliphatic heterocycles. The van der Waals surface area contributed by atoms with E-state index < -0.39 is 29.8 Å². The van der Waals surface area contributed by atoms with Gasteiger partial charge in [0.25, 0.3) is 0 Å². The average molecular weight is 1030 g/mol. The summed E-state index contributed by atoms with van der Waals surface area (Å²) in [5.41, 5.74) is 6.56. The fraction of sp³-hybridized carbons (Fsp3) is 0.241. The third-order valence-corrected chi connectivity index (χ3v) is 10.7. The molecule has 3 aliphatic rings. The van der Waals surface area contributed by atoms with Gasteiger partial charge < -0.3 is 58.5 Å². The van der Waals surface area contributed by atoms with Crippen molar-refractivity contribution in [3.05, 3.63) is 186 Å². The zero-order chi connectivity index (χ0) is 55.7. The molecule has 394 valence electrons. The number of aliphatic hydroxyl groups is 4. The second-order valence-corrected chi connectivity index (χ2v) is 17.2. The number of ketones is 4. The van der Waals surface area contributed by atoms with Gasteiger partial charge in [-0.05, 0) is 116 Å². The van der Waals surface area contributed by atoms with Crippen LogP contribution in [0.2, 0.25) is 0 Å². The quantitative estimate of drug-likeness (QED) is 0.0507. The molecule has 0 bridgehead atoms. The van der Waals surface area contributed by atoms with Crippen LogP contribution >= 0.6 is 0 Å². The van der Waals surface area contributed by atoms with E-state index >= 15 is 0 Å². The summed E-state index contributed by atoms with van der Waals surface area (Å²) in [7, 11) is 0. The highest BCUT2D eigenvalue weighted by Gasteiger charge is 2.26. The molecular weight excluding hydrogens is 969 g/mol. The molecule has 2 atom stereocenters. The van der Waals surface area contributed by atoms with Crippen LogP contribution in [0.15, 0.2) is 140 Å². The van der Waals surface area contributed by atoms with E-state index in [1.165, 1.54) is 6.08 Å². The summed E-state index contributed by atoms with van der Waals surface area (Å²) in [6.07, 6.45) is 2.65. The lowest BCUT2D eigenvalue weighted by atomic mass is 10.0. The Kier molecular flexibility index (Phi) is 21.4. The predicted molar refractivity (Wildman–Crippen MR) is 282 cm³/mol. The first-order chi connectivity index (χ1) is 35.4. The van der Waals surface area contributed by atoms with Crippen LogP contribution in [0, 0.1) is 34.6 Å². The number of hydrogen-bond donors (Lipinski definition) is 6. The number of rotatable bonds is 1. The number of fused-ring (bicyclic) bond motifs is 5. The Hall–Kier alpha value is -8.80. The van der Waals surface area contributed by atoms with Crippen molar-refractivity contribution in [3.8, 4) is 28.7 Å². The van der Waals surface area contributed by atoms with Gasteiger partial charge in [0, 0.05) is 12.5 Å². The van der Waals surface area contributed by atoms with Crippen molar-refractivity contribution >= 4 is 50.8 Å². The zero-order valence-corrected chi connectivity index (χ0v) is 42.9. The molecule has 0 saturated heterocycles. The number of hydrogen-bond acceptors (Lipinski definition) is 17. The van der Waals surface area contributed by atoms with E-state index in [0.29, 0.717) is 68.1 Å². The van der Waals surface area contributed by atoms with Crippen LogP contribution in [0.1, 0.15) is 94.6 Å². The topological polar surface area (TPSA) is 278 Å². The van der Waals surface area contributed by atoms with Crippen molar-refractivity contribution in [1.82, 2.24) is 0 Å². The van der Waals surface area contributed by atoms with Crippen LogP contribution < -0.4 is 25.3 Å². The number of benzene rings is 5. The fourth-order valence-electron chi connectivity index (χ4n) is 6.56. The molecule has 0 radical (unpaired) electrons. The molecule has 5 heterocycles. The SMILES string of the molecule is CC=C(C)O.CCC(C)=O.Cc1ccc2c(c1)C(=O)C(=O)CO2.Cc1ccc2c(c1)C(=O)CC(O)O2.Cc1ccc2c(c1)C(O)=CC(O)O2.Cc1ccc2oc(=O)cc(O)c2c1.Cc1ccc2occ(O)c(=O)c2c1. The molecule has 6 N–H and O–H groups in total. The Morgan fingerprint density at radius 3 is 1.69 bits per heavy atom. The van der Waals surface area contributed by atoms with Gasteiger partial charge >= 0.3 is 5.63 Å². The first kappa shape index (κ1) is 58.8. The monoisotopic (exact) mass is 1030 g/mol. The van der Waals surface area contributed by atoms with Crippen molar-refractivity contribution in [2.45, 2.75) is 87.7 Å². The van der Waals surface area contributed by atoms with Gasteiger partial charge in [-0.25, -0.2) is 4.79 Å². The molecule has 0 aliphatic carbocycles. The molecule has 5 aromatic carbocycles. The van der Waals surface area contributed by atoms with Crippen LogP contribution in [0.4, 0.5) is 0 Å². The van der Waals surface area contributed by atoms with Crippen molar-refractivity contribution < 1.29 is 72.9 Å². The lowest BCUT2D eigenvalue weighted by Crippen LogP contribution is -2.27. The van der Waals surface area contributed by atoms with Crippen molar-refractivity contribution in [1.29, 1.82) is 0 Å². The lowest BCUT2D eigenvalue weighted by molar-refractivity contribution is -0.117. The standard InChI is InChI=1S/2C10H8O3.2C10H10O3.C10H8O3.2C4H8O/c2*1-6-2-3-9-7(4-6)10(12)8(11)5-13-9;3*1-6-2-3-9-7(4-6)8(11)5-10(12)13-9;2*1-3-4(2)5/h2-4H,5H2,1H3;2-5,11H,1H3;2-4,10,12H,5H2,1H3;2-5,10-12H,1H3;2-5,11H,1H3;3H2,1-2H3;3,5H,1-2H3. The maximum atomic E-state index is 11.4. The maximum absolute atomic E-state index is 11.4. The number of carbonyl (C=O) groups is 4. The molecule has 17 heteroatoms. The largest absolute Gasteiger partial charge is 0.513 e. The Labute approximate surface area is 431 Å². The molecule has 7 aromatic rings. The smallest absolute Gasteiger partial charge is 0.339 e. The summed E-state index contributed by atoms with van der Waals surface area (Å²) in [4.78, 5) is 65.8. The molecule has 17 nitrogen and oxygen atoms in total. The van der Waals surface area contributed by atoms with E-state index in [1.807, 2.05) is 77.9 Å². The molecule has 2 aromatic heterocycles. The third kappa shape index (κ3) is 17.4. The van der Waals surface area contributed by atoms with Gasteiger partial charge in [-0.3, -0.25) is 19.2 Å².